The predicted octanol–water partition coefficient (Wildman–Crippen LogP) is 2.21. The van der Waals surface area contributed by atoms with Crippen molar-refractivity contribution in [2.24, 2.45) is 0 Å². The Bertz CT molecular complexity index is 775. The third kappa shape index (κ3) is 2.93. The minimum Gasteiger partial charge on any atom is -0.493 e. The van der Waals surface area contributed by atoms with E-state index in [2.05, 4.69) is 5.10 Å². The number of methoxy groups -OCH3 is 2. The molecule has 1 aromatic heterocycles. The van der Waals surface area contributed by atoms with Crippen LogP contribution >= 0.6 is 0 Å². The molecular weight excluding hydrogens is 282 g/mol. The van der Waals surface area contributed by atoms with Crippen molar-refractivity contribution in [1.29, 1.82) is 5.26 Å². The van der Waals surface area contributed by atoms with Gasteiger partial charge in [0.15, 0.2) is 11.5 Å². The van der Waals surface area contributed by atoms with E-state index in [0.717, 1.165) is 12.0 Å². The van der Waals surface area contributed by atoms with Crippen LogP contribution in [0.1, 0.15) is 18.9 Å². The Morgan fingerprint density at radius 3 is 2.55 bits per heavy atom. The Morgan fingerprint density at radius 2 is 1.95 bits per heavy atom. The second-order valence-corrected chi connectivity index (χ2v) is 4.65. The normalized spacial score (nSPS) is 10.1. The molecular formula is C16H17N3O3. The monoisotopic (exact) mass is 299 g/mol. The van der Waals surface area contributed by atoms with E-state index in [9.17, 15) is 4.79 Å². The van der Waals surface area contributed by atoms with Gasteiger partial charge in [-0.1, -0.05) is 6.92 Å². The Labute approximate surface area is 128 Å². The smallest absolute Gasteiger partial charge is 0.284 e. The van der Waals surface area contributed by atoms with Crippen LogP contribution in [0.4, 0.5) is 0 Å². The molecule has 0 saturated carbocycles. The summed E-state index contributed by atoms with van der Waals surface area (Å²) in [4.78, 5) is 12.0. The van der Waals surface area contributed by atoms with Crippen LogP contribution in [-0.2, 0) is 6.54 Å². The van der Waals surface area contributed by atoms with E-state index in [1.807, 2.05) is 19.1 Å². The van der Waals surface area contributed by atoms with Crippen LogP contribution in [0.25, 0.3) is 11.3 Å². The van der Waals surface area contributed by atoms with Gasteiger partial charge in [-0.15, -0.1) is 0 Å². The van der Waals surface area contributed by atoms with E-state index >= 15 is 0 Å². The van der Waals surface area contributed by atoms with E-state index in [0.29, 0.717) is 23.7 Å². The quantitative estimate of drug-likeness (QED) is 0.846. The summed E-state index contributed by atoms with van der Waals surface area (Å²) in [5, 5.41) is 13.5. The topological polar surface area (TPSA) is 77.1 Å². The Hall–Kier alpha value is -2.81. The zero-order valence-corrected chi connectivity index (χ0v) is 12.8. The zero-order valence-electron chi connectivity index (χ0n) is 12.8. The number of aromatic nitrogens is 2. The molecule has 0 fully saturated rings. The molecule has 6 nitrogen and oxygen atoms in total. The van der Waals surface area contributed by atoms with Crippen LogP contribution in [0.5, 0.6) is 11.5 Å². The van der Waals surface area contributed by atoms with Crippen LogP contribution in [0.15, 0.2) is 29.1 Å². The first-order valence-corrected chi connectivity index (χ1v) is 6.89. The molecule has 0 unspecified atom stereocenters. The number of rotatable bonds is 5. The molecule has 0 radical (unpaired) electrons. The molecule has 2 rings (SSSR count). The summed E-state index contributed by atoms with van der Waals surface area (Å²) in [6.07, 6.45) is 0.757. The maximum Gasteiger partial charge on any atom is 0.284 e. The lowest BCUT2D eigenvalue weighted by Crippen LogP contribution is -2.25. The van der Waals surface area contributed by atoms with Gasteiger partial charge in [0, 0.05) is 12.1 Å². The molecule has 6 heteroatoms. The van der Waals surface area contributed by atoms with E-state index in [-0.39, 0.29) is 11.1 Å². The predicted molar refractivity (Wildman–Crippen MR) is 82.0 cm³/mol. The molecule has 1 aromatic carbocycles. The van der Waals surface area contributed by atoms with Crippen molar-refractivity contribution < 1.29 is 9.47 Å². The number of ether oxygens (including phenoxy) is 2. The minimum absolute atomic E-state index is 0.0771. The third-order valence-corrected chi connectivity index (χ3v) is 3.21. The highest BCUT2D eigenvalue weighted by molar-refractivity contribution is 5.64. The molecule has 0 aliphatic carbocycles. The number of hydrogen-bond acceptors (Lipinski definition) is 5. The van der Waals surface area contributed by atoms with Crippen LogP contribution in [-0.4, -0.2) is 24.0 Å². The van der Waals surface area contributed by atoms with Gasteiger partial charge in [-0.3, -0.25) is 4.79 Å². The maximum atomic E-state index is 12.0. The fourth-order valence-electron chi connectivity index (χ4n) is 2.12. The molecule has 1 heterocycles. The Balaban J connectivity index is 2.60. The first-order valence-electron chi connectivity index (χ1n) is 6.89. The second kappa shape index (κ2) is 6.76. The maximum absolute atomic E-state index is 12.0. The Kier molecular flexibility index (Phi) is 4.79. The van der Waals surface area contributed by atoms with Gasteiger partial charge in [-0.05, 0) is 30.7 Å². The van der Waals surface area contributed by atoms with Crippen molar-refractivity contribution in [3.63, 3.8) is 0 Å². The van der Waals surface area contributed by atoms with Gasteiger partial charge in [0.1, 0.15) is 11.6 Å². The van der Waals surface area contributed by atoms with Gasteiger partial charge in [-0.25, -0.2) is 4.68 Å². The van der Waals surface area contributed by atoms with Gasteiger partial charge in [0.05, 0.1) is 19.9 Å². The summed E-state index contributed by atoms with van der Waals surface area (Å²) in [6.45, 7) is 2.41. The van der Waals surface area contributed by atoms with Crippen LogP contribution in [0, 0.1) is 11.3 Å². The minimum atomic E-state index is -0.367. The number of nitrogens with zero attached hydrogens (tertiary/aromatic N) is 3. The van der Waals surface area contributed by atoms with Crippen LogP contribution in [0.2, 0.25) is 0 Å². The molecule has 0 saturated heterocycles. The van der Waals surface area contributed by atoms with Gasteiger partial charge >= 0.3 is 0 Å². The first kappa shape index (κ1) is 15.6. The van der Waals surface area contributed by atoms with Gasteiger partial charge < -0.3 is 9.47 Å². The van der Waals surface area contributed by atoms with E-state index in [4.69, 9.17) is 14.7 Å². The lowest BCUT2D eigenvalue weighted by Gasteiger charge is -2.11. The molecule has 0 spiro atoms. The van der Waals surface area contributed by atoms with Crippen molar-refractivity contribution >= 4 is 0 Å². The second-order valence-electron chi connectivity index (χ2n) is 4.65. The van der Waals surface area contributed by atoms with E-state index in [1.54, 1.807) is 26.4 Å². The highest BCUT2D eigenvalue weighted by Gasteiger charge is 2.12. The molecule has 114 valence electrons. The summed E-state index contributed by atoms with van der Waals surface area (Å²) in [7, 11) is 3.11. The van der Waals surface area contributed by atoms with E-state index in [1.165, 1.54) is 10.7 Å². The SMILES string of the molecule is CCCn1nc(-c2ccc(OC)c(OC)c2)cc(C#N)c1=O. The molecule has 22 heavy (non-hydrogen) atoms. The lowest BCUT2D eigenvalue weighted by molar-refractivity contribution is 0.355. The molecule has 2 aromatic rings. The van der Waals surface area contributed by atoms with E-state index < -0.39 is 0 Å². The highest BCUT2D eigenvalue weighted by atomic mass is 16.5. The summed E-state index contributed by atoms with van der Waals surface area (Å²) in [5.74, 6) is 1.17. The fraction of sp³-hybridized carbons (Fsp3) is 0.312. The number of aryl methyl sites for hydroxylation is 1. The van der Waals surface area contributed by atoms with Crippen LogP contribution < -0.4 is 15.0 Å². The molecule has 0 aliphatic rings. The van der Waals surface area contributed by atoms with Crippen molar-refractivity contribution in [3.05, 3.63) is 40.2 Å². The molecule has 0 amide bonds. The largest absolute Gasteiger partial charge is 0.493 e. The molecule has 0 aliphatic heterocycles. The molecule has 0 bridgehead atoms. The lowest BCUT2D eigenvalue weighted by atomic mass is 10.1. The van der Waals surface area contributed by atoms with Gasteiger partial charge in [-0.2, -0.15) is 10.4 Å². The van der Waals surface area contributed by atoms with Crippen molar-refractivity contribution in [2.45, 2.75) is 19.9 Å². The van der Waals surface area contributed by atoms with Crippen LogP contribution in [0.3, 0.4) is 0 Å². The Morgan fingerprint density at radius 1 is 1.23 bits per heavy atom. The van der Waals surface area contributed by atoms with Gasteiger partial charge in [0.25, 0.3) is 5.56 Å². The third-order valence-electron chi connectivity index (χ3n) is 3.21. The average Bonchev–Trinajstić information content (AvgIpc) is 2.56. The average molecular weight is 299 g/mol. The highest BCUT2D eigenvalue weighted by Crippen LogP contribution is 2.31. The van der Waals surface area contributed by atoms with Gasteiger partial charge in [0.2, 0.25) is 0 Å². The fourth-order valence-corrected chi connectivity index (χ4v) is 2.12. The number of hydrogen-bond donors (Lipinski definition) is 0. The first-order chi connectivity index (χ1) is 10.6. The summed E-state index contributed by atoms with van der Waals surface area (Å²) in [5.41, 5.74) is 1.01. The number of nitriles is 1. The van der Waals surface area contributed by atoms with Crippen molar-refractivity contribution in [1.82, 2.24) is 9.78 Å². The molecule has 0 atom stereocenters. The zero-order chi connectivity index (χ0) is 16.1. The van der Waals surface area contributed by atoms with Crippen molar-refractivity contribution in [2.75, 3.05) is 14.2 Å². The standard InChI is InChI=1S/C16H17N3O3/c1-4-7-19-16(20)12(10-17)8-13(18-19)11-5-6-14(21-2)15(9-11)22-3/h5-6,8-9H,4,7H2,1-3H3. The summed E-state index contributed by atoms with van der Waals surface area (Å²) >= 11 is 0. The number of benzene rings is 1. The summed E-state index contributed by atoms with van der Waals surface area (Å²) < 4.78 is 11.8. The summed E-state index contributed by atoms with van der Waals surface area (Å²) in [6, 6.07) is 8.76. The molecule has 0 N–H and O–H groups in total. The van der Waals surface area contributed by atoms with Crippen molar-refractivity contribution in [3.8, 4) is 28.8 Å².